The van der Waals surface area contributed by atoms with Gasteiger partial charge in [-0.05, 0) is 13.8 Å². The molecule has 1 aromatic heterocycles. The molecule has 2 heterocycles. The monoisotopic (exact) mass is 392 g/mol. The molecule has 1 N–H and O–H groups in total. The molecule has 1 aliphatic heterocycles. The molecule has 0 aliphatic carbocycles. The Morgan fingerprint density at radius 2 is 2.08 bits per heavy atom. The molecule has 1 saturated heterocycles. The Kier molecular flexibility index (Phi) is 5.34. The maximum absolute atomic E-state index is 12.2. The summed E-state index contributed by atoms with van der Waals surface area (Å²) in [4.78, 5) is 11.0. The van der Waals surface area contributed by atoms with Crippen LogP contribution >= 0.6 is 11.3 Å². The number of aromatic nitrogens is 1. The molecule has 0 spiro atoms. The van der Waals surface area contributed by atoms with E-state index in [9.17, 15) is 8.42 Å². The highest BCUT2D eigenvalue weighted by molar-refractivity contribution is 7.92. The number of hydrogen-bond acceptors (Lipinski definition) is 5. The highest BCUT2D eigenvalue weighted by Gasteiger charge is 2.40. The SMILES string of the molecule is CN=C(NCc1nc(-c2ccccc2)cs1)N1CCS(=O)(=O)C(C)(C)C1. The fourth-order valence-corrected chi connectivity index (χ4v) is 5.05. The first-order valence-corrected chi connectivity index (χ1v) is 11.0. The van der Waals surface area contributed by atoms with Crippen LogP contribution in [0, 0.1) is 0 Å². The normalized spacial score (nSPS) is 19.3. The van der Waals surface area contributed by atoms with E-state index in [4.69, 9.17) is 0 Å². The first-order valence-electron chi connectivity index (χ1n) is 8.50. The highest BCUT2D eigenvalue weighted by atomic mass is 32.2. The lowest BCUT2D eigenvalue weighted by Gasteiger charge is -2.39. The molecule has 0 saturated carbocycles. The van der Waals surface area contributed by atoms with Crippen molar-refractivity contribution in [3.8, 4) is 11.3 Å². The topological polar surface area (TPSA) is 74.7 Å². The van der Waals surface area contributed by atoms with Gasteiger partial charge < -0.3 is 10.2 Å². The first kappa shape index (κ1) is 18.8. The van der Waals surface area contributed by atoms with Gasteiger partial charge in [-0.15, -0.1) is 11.3 Å². The van der Waals surface area contributed by atoms with Crippen LogP contribution in [0.25, 0.3) is 11.3 Å². The largest absolute Gasteiger partial charge is 0.350 e. The number of hydrogen-bond donors (Lipinski definition) is 1. The summed E-state index contributed by atoms with van der Waals surface area (Å²) in [5, 5.41) is 6.33. The van der Waals surface area contributed by atoms with Crippen LogP contribution in [-0.2, 0) is 16.4 Å². The van der Waals surface area contributed by atoms with Crippen LogP contribution in [0.1, 0.15) is 18.9 Å². The van der Waals surface area contributed by atoms with Gasteiger partial charge in [0.1, 0.15) is 5.01 Å². The van der Waals surface area contributed by atoms with Crippen molar-refractivity contribution in [2.75, 3.05) is 25.9 Å². The predicted molar refractivity (Wildman–Crippen MR) is 107 cm³/mol. The van der Waals surface area contributed by atoms with E-state index in [2.05, 4.69) is 15.3 Å². The molecule has 6 nitrogen and oxygen atoms in total. The maximum Gasteiger partial charge on any atom is 0.194 e. The third-order valence-corrected chi connectivity index (χ3v) is 7.96. The Morgan fingerprint density at radius 1 is 1.35 bits per heavy atom. The van der Waals surface area contributed by atoms with E-state index in [1.54, 1.807) is 32.2 Å². The number of sulfone groups is 1. The highest BCUT2D eigenvalue weighted by Crippen LogP contribution is 2.24. The molecule has 26 heavy (non-hydrogen) atoms. The lowest BCUT2D eigenvalue weighted by Crippen LogP contribution is -2.57. The summed E-state index contributed by atoms with van der Waals surface area (Å²) in [6, 6.07) is 10.1. The van der Waals surface area contributed by atoms with Gasteiger partial charge in [-0.3, -0.25) is 4.99 Å². The Hall–Kier alpha value is -1.93. The Morgan fingerprint density at radius 3 is 2.73 bits per heavy atom. The summed E-state index contributed by atoms with van der Waals surface area (Å²) in [6.45, 7) is 5.00. The molecule has 0 bridgehead atoms. The van der Waals surface area contributed by atoms with Crippen LogP contribution < -0.4 is 5.32 Å². The van der Waals surface area contributed by atoms with E-state index in [0.717, 1.165) is 16.3 Å². The molecule has 0 amide bonds. The van der Waals surface area contributed by atoms with E-state index < -0.39 is 14.6 Å². The minimum atomic E-state index is -3.06. The van der Waals surface area contributed by atoms with E-state index in [0.29, 0.717) is 25.6 Å². The molecule has 140 valence electrons. The molecule has 2 aromatic rings. The molecule has 0 atom stereocenters. The smallest absolute Gasteiger partial charge is 0.194 e. The molecule has 3 rings (SSSR count). The van der Waals surface area contributed by atoms with Crippen LogP contribution in [0.2, 0.25) is 0 Å². The second kappa shape index (κ2) is 7.36. The van der Waals surface area contributed by atoms with Crippen LogP contribution in [0.4, 0.5) is 0 Å². The summed E-state index contributed by atoms with van der Waals surface area (Å²) in [5.41, 5.74) is 2.06. The van der Waals surface area contributed by atoms with E-state index in [-0.39, 0.29) is 5.75 Å². The Balaban J connectivity index is 1.65. The number of thiazole rings is 1. The number of rotatable bonds is 3. The van der Waals surface area contributed by atoms with Gasteiger partial charge in [0.2, 0.25) is 0 Å². The van der Waals surface area contributed by atoms with Gasteiger partial charge in [0.15, 0.2) is 15.8 Å². The zero-order valence-corrected chi connectivity index (χ0v) is 16.9. The number of nitrogens with one attached hydrogen (secondary N) is 1. The molecular weight excluding hydrogens is 368 g/mol. The van der Waals surface area contributed by atoms with Gasteiger partial charge >= 0.3 is 0 Å². The lowest BCUT2D eigenvalue weighted by molar-refractivity contribution is 0.353. The third-order valence-electron chi connectivity index (χ3n) is 4.57. The molecule has 1 fully saturated rings. The third kappa shape index (κ3) is 3.91. The van der Waals surface area contributed by atoms with E-state index in [1.807, 2.05) is 40.6 Å². The molecule has 1 aromatic carbocycles. The summed E-state index contributed by atoms with van der Waals surface area (Å²) < 4.78 is 23.6. The average molecular weight is 393 g/mol. The van der Waals surface area contributed by atoms with Crippen molar-refractivity contribution in [3.63, 3.8) is 0 Å². The van der Waals surface area contributed by atoms with E-state index >= 15 is 0 Å². The molecule has 8 heteroatoms. The standard InChI is InChI=1S/C18H24N4O2S2/c1-18(2)13-22(9-10-26(18,23)24)17(19-3)20-11-16-21-15(12-25-16)14-7-5-4-6-8-14/h4-8,12H,9-11,13H2,1-3H3,(H,19,20). The van der Waals surface area contributed by atoms with Crippen molar-refractivity contribution in [1.82, 2.24) is 15.2 Å². The van der Waals surface area contributed by atoms with Gasteiger partial charge in [-0.25, -0.2) is 13.4 Å². The maximum atomic E-state index is 12.2. The van der Waals surface area contributed by atoms with Crippen LogP contribution in [-0.4, -0.2) is 54.9 Å². The van der Waals surface area contributed by atoms with Gasteiger partial charge in [0, 0.05) is 31.1 Å². The molecule has 0 radical (unpaired) electrons. The van der Waals surface area contributed by atoms with Crippen LogP contribution in [0.15, 0.2) is 40.7 Å². The summed E-state index contributed by atoms with van der Waals surface area (Å²) in [7, 11) is -1.35. The second-order valence-electron chi connectivity index (χ2n) is 6.89. The fourth-order valence-electron chi connectivity index (χ4n) is 2.95. The Bertz CT molecular complexity index is 889. The van der Waals surface area contributed by atoms with Crippen molar-refractivity contribution >= 4 is 27.1 Å². The lowest BCUT2D eigenvalue weighted by atomic mass is 10.2. The number of aliphatic imine (C=N–C) groups is 1. The van der Waals surface area contributed by atoms with Crippen molar-refractivity contribution in [3.05, 3.63) is 40.7 Å². The first-order chi connectivity index (χ1) is 12.3. The average Bonchev–Trinajstić information content (AvgIpc) is 3.08. The van der Waals surface area contributed by atoms with Gasteiger partial charge in [0.05, 0.1) is 22.7 Å². The van der Waals surface area contributed by atoms with E-state index in [1.165, 1.54) is 0 Å². The zero-order chi connectivity index (χ0) is 18.8. The number of guanidine groups is 1. The number of benzene rings is 1. The minimum absolute atomic E-state index is 0.149. The Labute approximate surface area is 158 Å². The fraction of sp³-hybridized carbons (Fsp3) is 0.444. The van der Waals surface area contributed by atoms with Crippen molar-refractivity contribution in [2.45, 2.75) is 25.1 Å². The second-order valence-corrected chi connectivity index (χ2v) is 10.6. The molecule has 0 unspecified atom stereocenters. The summed E-state index contributed by atoms with van der Waals surface area (Å²) >= 11 is 1.60. The van der Waals surface area contributed by atoms with Crippen molar-refractivity contribution < 1.29 is 8.42 Å². The molecular formula is C18H24N4O2S2. The van der Waals surface area contributed by atoms with Gasteiger partial charge in [-0.1, -0.05) is 30.3 Å². The van der Waals surface area contributed by atoms with Crippen molar-refractivity contribution in [2.24, 2.45) is 4.99 Å². The zero-order valence-electron chi connectivity index (χ0n) is 15.3. The van der Waals surface area contributed by atoms with Crippen LogP contribution in [0.5, 0.6) is 0 Å². The minimum Gasteiger partial charge on any atom is -0.350 e. The van der Waals surface area contributed by atoms with Crippen molar-refractivity contribution in [1.29, 1.82) is 0 Å². The molecule has 1 aliphatic rings. The predicted octanol–water partition coefficient (Wildman–Crippen LogP) is 2.39. The summed E-state index contributed by atoms with van der Waals surface area (Å²) in [5.74, 6) is 0.861. The quantitative estimate of drug-likeness (QED) is 0.641. The van der Waals surface area contributed by atoms with Gasteiger partial charge in [-0.2, -0.15) is 0 Å². The van der Waals surface area contributed by atoms with Gasteiger partial charge in [0.25, 0.3) is 0 Å². The summed E-state index contributed by atoms with van der Waals surface area (Å²) in [6.07, 6.45) is 0. The number of nitrogens with zero attached hydrogens (tertiary/aromatic N) is 3. The van der Waals surface area contributed by atoms with Crippen LogP contribution in [0.3, 0.4) is 0 Å².